The number of thiazole rings is 1. The van der Waals surface area contributed by atoms with E-state index in [0.29, 0.717) is 17.3 Å². The first-order chi connectivity index (χ1) is 13.7. The Labute approximate surface area is 171 Å². The Morgan fingerprint density at radius 1 is 1.00 bits per heavy atom. The van der Waals surface area contributed by atoms with Crippen molar-refractivity contribution in [2.24, 2.45) is 0 Å². The van der Waals surface area contributed by atoms with Crippen LogP contribution in [0.3, 0.4) is 0 Å². The van der Waals surface area contributed by atoms with E-state index in [0.717, 1.165) is 21.7 Å². The Kier molecular flexibility index (Phi) is 5.55. The zero-order chi connectivity index (χ0) is 19.3. The van der Waals surface area contributed by atoms with Crippen LogP contribution in [0.4, 0.5) is 0 Å². The third-order valence-corrected chi connectivity index (χ3v) is 5.51. The van der Waals surface area contributed by atoms with Crippen LogP contribution in [-0.2, 0) is 11.3 Å². The fraction of sp³-hybridized carbons (Fsp3) is 0.0909. The van der Waals surface area contributed by atoms with E-state index < -0.39 is 0 Å². The summed E-state index contributed by atoms with van der Waals surface area (Å²) in [6, 6.07) is 23.1. The van der Waals surface area contributed by atoms with Crippen LogP contribution in [0.1, 0.15) is 5.56 Å². The van der Waals surface area contributed by atoms with Gasteiger partial charge >= 0.3 is 0 Å². The van der Waals surface area contributed by atoms with Gasteiger partial charge in [-0.3, -0.25) is 4.79 Å². The van der Waals surface area contributed by atoms with Gasteiger partial charge in [-0.15, -0.1) is 11.3 Å². The largest absolute Gasteiger partial charge is 0.484 e. The molecule has 0 radical (unpaired) electrons. The average Bonchev–Trinajstić information content (AvgIpc) is 3.16. The molecular formula is C22H17ClN2O2S. The van der Waals surface area contributed by atoms with Crippen molar-refractivity contribution in [3.05, 3.63) is 83.4 Å². The molecule has 28 heavy (non-hydrogen) atoms. The molecule has 1 aromatic heterocycles. The van der Waals surface area contributed by atoms with E-state index in [1.165, 1.54) is 4.70 Å². The van der Waals surface area contributed by atoms with Gasteiger partial charge in [0.1, 0.15) is 10.8 Å². The van der Waals surface area contributed by atoms with Gasteiger partial charge in [0.05, 0.1) is 10.2 Å². The third-order valence-electron chi connectivity index (χ3n) is 4.17. The highest BCUT2D eigenvalue weighted by atomic mass is 35.5. The summed E-state index contributed by atoms with van der Waals surface area (Å²) in [6.45, 7) is 0.411. The van der Waals surface area contributed by atoms with Crippen molar-refractivity contribution >= 4 is 39.1 Å². The van der Waals surface area contributed by atoms with Crippen LogP contribution in [0.2, 0.25) is 5.02 Å². The Morgan fingerprint density at radius 3 is 2.50 bits per heavy atom. The fourth-order valence-corrected chi connectivity index (χ4v) is 3.79. The van der Waals surface area contributed by atoms with E-state index in [2.05, 4.69) is 16.4 Å². The summed E-state index contributed by atoms with van der Waals surface area (Å²) in [5, 5.41) is 4.48. The summed E-state index contributed by atoms with van der Waals surface area (Å²) in [6.07, 6.45) is 0. The molecule has 0 saturated heterocycles. The number of fused-ring (bicyclic) bond motifs is 1. The number of carbonyl (C=O) groups is 1. The number of nitrogens with one attached hydrogen (secondary N) is 1. The quantitative estimate of drug-likeness (QED) is 0.470. The smallest absolute Gasteiger partial charge is 0.258 e. The van der Waals surface area contributed by atoms with Gasteiger partial charge < -0.3 is 10.1 Å². The van der Waals surface area contributed by atoms with Crippen LogP contribution in [0.25, 0.3) is 20.8 Å². The molecule has 0 aliphatic heterocycles. The molecule has 0 bridgehead atoms. The number of para-hydroxylation sites is 1. The first kappa shape index (κ1) is 18.5. The lowest BCUT2D eigenvalue weighted by molar-refractivity contribution is -0.123. The zero-order valence-electron chi connectivity index (χ0n) is 14.9. The topological polar surface area (TPSA) is 51.2 Å². The maximum Gasteiger partial charge on any atom is 0.258 e. The van der Waals surface area contributed by atoms with Crippen LogP contribution in [-0.4, -0.2) is 17.5 Å². The Bertz CT molecular complexity index is 1060. The SMILES string of the molecule is O=C(COc1ccc(Cl)cc1)NCc1ccc(-c2nc3ccccc3s2)cc1. The lowest BCUT2D eigenvalue weighted by atomic mass is 10.1. The molecule has 1 N–H and O–H groups in total. The molecular weight excluding hydrogens is 392 g/mol. The lowest BCUT2D eigenvalue weighted by Gasteiger charge is -2.08. The summed E-state index contributed by atoms with van der Waals surface area (Å²) in [5.41, 5.74) is 3.10. The molecule has 1 amide bonds. The van der Waals surface area contributed by atoms with Crippen molar-refractivity contribution in [3.63, 3.8) is 0 Å². The van der Waals surface area contributed by atoms with Crippen LogP contribution in [0, 0.1) is 0 Å². The van der Waals surface area contributed by atoms with Crippen LogP contribution < -0.4 is 10.1 Å². The molecule has 140 valence electrons. The minimum Gasteiger partial charge on any atom is -0.484 e. The third kappa shape index (κ3) is 4.50. The van der Waals surface area contributed by atoms with E-state index in [-0.39, 0.29) is 12.5 Å². The van der Waals surface area contributed by atoms with E-state index >= 15 is 0 Å². The van der Waals surface area contributed by atoms with Crippen molar-refractivity contribution in [2.45, 2.75) is 6.54 Å². The second-order valence-corrected chi connectivity index (χ2v) is 7.67. The first-order valence-electron chi connectivity index (χ1n) is 8.77. The number of nitrogens with zero attached hydrogens (tertiary/aromatic N) is 1. The van der Waals surface area contributed by atoms with E-state index in [4.69, 9.17) is 16.3 Å². The molecule has 3 aromatic carbocycles. The van der Waals surface area contributed by atoms with E-state index in [1.807, 2.05) is 42.5 Å². The van der Waals surface area contributed by atoms with Crippen molar-refractivity contribution < 1.29 is 9.53 Å². The number of hydrogen-bond donors (Lipinski definition) is 1. The molecule has 0 aliphatic rings. The Hall–Kier alpha value is -2.89. The number of hydrogen-bond acceptors (Lipinski definition) is 4. The standard InChI is InChI=1S/C22H17ClN2O2S/c23-17-9-11-18(12-10-17)27-14-21(26)24-13-15-5-7-16(8-6-15)22-25-19-3-1-2-4-20(19)28-22/h1-12H,13-14H2,(H,24,26). The first-order valence-corrected chi connectivity index (χ1v) is 9.97. The highest BCUT2D eigenvalue weighted by molar-refractivity contribution is 7.21. The van der Waals surface area contributed by atoms with Gasteiger partial charge in [-0.1, -0.05) is 48.0 Å². The van der Waals surface area contributed by atoms with Crippen molar-refractivity contribution in [3.8, 4) is 16.3 Å². The molecule has 0 fully saturated rings. The van der Waals surface area contributed by atoms with Gasteiger partial charge in [0.15, 0.2) is 6.61 Å². The molecule has 4 aromatic rings. The minimum absolute atomic E-state index is 0.0363. The predicted octanol–water partition coefficient (Wildman–Crippen LogP) is 5.31. The number of aromatic nitrogens is 1. The van der Waals surface area contributed by atoms with Crippen molar-refractivity contribution in [1.29, 1.82) is 0 Å². The van der Waals surface area contributed by atoms with Crippen molar-refractivity contribution in [2.75, 3.05) is 6.61 Å². The van der Waals surface area contributed by atoms with Gasteiger partial charge in [0.2, 0.25) is 0 Å². The summed E-state index contributed by atoms with van der Waals surface area (Å²) >= 11 is 7.50. The molecule has 4 rings (SSSR count). The molecule has 4 nitrogen and oxygen atoms in total. The highest BCUT2D eigenvalue weighted by Gasteiger charge is 2.07. The minimum atomic E-state index is -0.176. The molecule has 1 heterocycles. The molecule has 0 saturated carbocycles. The Morgan fingerprint density at radius 2 is 1.75 bits per heavy atom. The second kappa shape index (κ2) is 8.42. The maximum absolute atomic E-state index is 12.0. The summed E-state index contributed by atoms with van der Waals surface area (Å²) in [4.78, 5) is 16.6. The van der Waals surface area contributed by atoms with Gasteiger partial charge in [-0.05, 0) is 42.0 Å². The number of amides is 1. The number of benzene rings is 3. The predicted molar refractivity (Wildman–Crippen MR) is 114 cm³/mol. The summed E-state index contributed by atoms with van der Waals surface area (Å²) < 4.78 is 6.61. The second-order valence-electron chi connectivity index (χ2n) is 6.20. The normalized spacial score (nSPS) is 10.8. The lowest BCUT2D eigenvalue weighted by Crippen LogP contribution is -2.28. The molecule has 0 atom stereocenters. The highest BCUT2D eigenvalue weighted by Crippen LogP contribution is 2.29. The number of rotatable bonds is 6. The Balaban J connectivity index is 1.31. The fourth-order valence-electron chi connectivity index (χ4n) is 2.69. The molecule has 6 heteroatoms. The van der Waals surface area contributed by atoms with Gasteiger partial charge in [-0.2, -0.15) is 0 Å². The molecule has 0 spiro atoms. The number of halogens is 1. The van der Waals surface area contributed by atoms with E-state index in [1.54, 1.807) is 35.6 Å². The van der Waals surface area contributed by atoms with Crippen molar-refractivity contribution in [1.82, 2.24) is 10.3 Å². The molecule has 0 aliphatic carbocycles. The number of carbonyl (C=O) groups excluding carboxylic acids is 1. The van der Waals surface area contributed by atoms with E-state index in [9.17, 15) is 4.79 Å². The summed E-state index contributed by atoms with van der Waals surface area (Å²) in [5.74, 6) is 0.435. The van der Waals surface area contributed by atoms with Gasteiger partial charge in [-0.25, -0.2) is 4.98 Å². The molecule has 0 unspecified atom stereocenters. The average molecular weight is 409 g/mol. The maximum atomic E-state index is 12.0. The zero-order valence-corrected chi connectivity index (χ0v) is 16.5. The van der Waals surface area contributed by atoms with Crippen LogP contribution in [0.5, 0.6) is 5.75 Å². The van der Waals surface area contributed by atoms with Gasteiger partial charge in [0.25, 0.3) is 5.91 Å². The summed E-state index contributed by atoms with van der Waals surface area (Å²) in [7, 11) is 0. The van der Waals surface area contributed by atoms with Gasteiger partial charge in [0, 0.05) is 17.1 Å². The number of ether oxygens (including phenoxy) is 1. The monoisotopic (exact) mass is 408 g/mol. The van der Waals surface area contributed by atoms with Crippen LogP contribution in [0.15, 0.2) is 72.8 Å². The van der Waals surface area contributed by atoms with Crippen LogP contribution >= 0.6 is 22.9 Å².